The average molecular weight is 208 g/mol. The highest BCUT2D eigenvalue weighted by Crippen LogP contribution is 2.26. The molecule has 4 heteroatoms. The summed E-state index contributed by atoms with van der Waals surface area (Å²) in [7, 11) is 0. The Labute approximate surface area is 89.1 Å². The minimum absolute atomic E-state index is 0.186. The van der Waals surface area contributed by atoms with Crippen molar-refractivity contribution in [2.45, 2.75) is 33.1 Å². The van der Waals surface area contributed by atoms with Crippen molar-refractivity contribution in [3.63, 3.8) is 0 Å². The minimum atomic E-state index is -0.987. The number of pyridine rings is 1. The van der Waals surface area contributed by atoms with Crippen molar-refractivity contribution >= 4 is 11.7 Å². The Kier molecular flexibility index (Phi) is 2.71. The van der Waals surface area contributed by atoms with Gasteiger partial charge in [0, 0.05) is 5.41 Å². The highest BCUT2D eigenvalue weighted by Gasteiger charge is 2.24. The Hall–Kier alpha value is -1.58. The Morgan fingerprint density at radius 3 is 2.40 bits per heavy atom. The molecule has 1 heterocycles. The van der Waals surface area contributed by atoms with Gasteiger partial charge in [0.2, 0.25) is 0 Å². The highest BCUT2D eigenvalue weighted by atomic mass is 16.4. The first-order valence-electron chi connectivity index (χ1n) is 4.74. The second-order valence-electron chi connectivity index (χ2n) is 4.61. The third kappa shape index (κ3) is 2.26. The number of aromatic nitrogens is 1. The summed E-state index contributed by atoms with van der Waals surface area (Å²) in [5.41, 5.74) is 7.19. The van der Waals surface area contributed by atoms with E-state index in [0.717, 1.165) is 0 Å². The number of aryl methyl sites for hydroxylation is 1. The van der Waals surface area contributed by atoms with Crippen LogP contribution >= 0.6 is 0 Å². The lowest BCUT2D eigenvalue weighted by Crippen LogP contribution is -2.20. The number of hydrogen-bond acceptors (Lipinski definition) is 3. The fourth-order valence-corrected chi connectivity index (χ4v) is 1.36. The maximum atomic E-state index is 11.0. The summed E-state index contributed by atoms with van der Waals surface area (Å²) in [6.45, 7) is 7.56. The lowest BCUT2D eigenvalue weighted by molar-refractivity contribution is 0.0693. The number of carbonyl (C=O) groups is 1. The van der Waals surface area contributed by atoms with Crippen LogP contribution in [0, 0.1) is 6.92 Å². The van der Waals surface area contributed by atoms with Gasteiger partial charge in [-0.05, 0) is 13.0 Å². The standard InChI is InChI=1S/C11H16N2O2/c1-6-8(12)5-7(10(14)15)9(13-6)11(2,3)4/h5H,12H2,1-4H3,(H,14,15). The van der Waals surface area contributed by atoms with Gasteiger partial charge in [-0.15, -0.1) is 0 Å². The number of nitrogens with two attached hydrogens (primary N) is 1. The molecule has 3 N–H and O–H groups in total. The summed E-state index contributed by atoms with van der Waals surface area (Å²) in [5.74, 6) is -0.987. The van der Waals surface area contributed by atoms with Gasteiger partial charge in [-0.3, -0.25) is 4.98 Å². The lowest BCUT2D eigenvalue weighted by Gasteiger charge is -2.21. The third-order valence-electron chi connectivity index (χ3n) is 2.19. The zero-order chi connectivity index (χ0) is 11.8. The van der Waals surface area contributed by atoms with Crippen molar-refractivity contribution in [3.05, 3.63) is 23.0 Å². The van der Waals surface area contributed by atoms with E-state index in [9.17, 15) is 4.79 Å². The Bertz CT molecular complexity index is 406. The first kappa shape index (κ1) is 11.5. The molecule has 1 aromatic heterocycles. The molecule has 0 aliphatic heterocycles. The molecule has 0 saturated carbocycles. The first-order chi connectivity index (χ1) is 6.73. The van der Waals surface area contributed by atoms with E-state index in [4.69, 9.17) is 10.8 Å². The maximum absolute atomic E-state index is 11.0. The highest BCUT2D eigenvalue weighted by molar-refractivity contribution is 5.90. The van der Waals surface area contributed by atoms with Crippen LogP contribution in [0.25, 0.3) is 0 Å². The van der Waals surface area contributed by atoms with Gasteiger partial charge in [0.1, 0.15) is 0 Å². The van der Waals surface area contributed by atoms with Gasteiger partial charge in [0.15, 0.2) is 0 Å². The second kappa shape index (κ2) is 3.53. The number of carboxylic acid groups (broad SMARTS) is 1. The first-order valence-corrected chi connectivity index (χ1v) is 4.74. The van der Waals surface area contributed by atoms with Gasteiger partial charge in [-0.1, -0.05) is 20.8 Å². The van der Waals surface area contributed by atoms with Crippen LogP contribution in [0.1, 0.15) is 42.5 Å². The molecule has 0 fully saturated rings. The summed E-state index contributed by atoms with van der Waals surface area (Å²) in [6.07, 6.45) is 0. The second-order valence-corrected chi connectivity index (χ2v) is 4.61. The fourth-order valence-electron chi connectivity index (χ4n) is 1.36. The van der Waals surface area contributed by atoms with Crippen LogP contribution in [-0.2, 0) is 5.41 Å². The van der Waals surface area contributed by atoms with E-state index in [1.165, 1.54) is 6.07 Å². The summed E-state index contributed by atoms with van der Waals surface area (Å²) >= 11 is 0. The molecule has 0 amide bonds. The van der Waals surface area contributed by atoms with Crippen LogP contribution in [-0.4, -0.2) is 16.1 Å². The SMILES string of the molecule is Cc1nc(C(C)(C)C)c(C(=O)O)cc1N. The zero-order valence-electron chi connectivity index (χ0n) is 9.46. The van der Waals surface area contributed by atoms with Gasteiger partial charge < -0.3 is 10.8 Å². The topological polar surface area (TPSA) is 76.2 Å². The Balaban J connectivity index is 3.49. The van der Waals surface area contributed by atoms with Crippen LogP contribution in [0.15, 0.2) is 6.07 Å². The van der Waals surface area contributed by atoms with Crippen LogP contribution < -0.4 is 5.73 Å². The lowest BCUT2D eigenvalue weighted by atomic mass is 9.88. The fraction of sp³-hybridized carbons (Fsp3) is 0.455. The van der Waals surface area contributed by atoms with Crippen LogP contribution in [0.3, 0.4) is 0 Å². The van der Waals surface area contributed by atoms with E-state index < -0.39 is 5.97 Å². The van der Waals surface area contributed by atoms with E-state index in [2.05, 4.69) is 4.98 Å². The Morgan fingerprint density at radius 1 is 1.47 bits per heavy atom. The van der Waals surface area contributed by atoms with E-state index in [1.54, 1.807) is 6.92 Å². The molecule has 4 nitrogen and oxygen atoms in total. The zero-order valence-corrected chi connectivity index (χ0v) is 9.46. The number of nitrogen functional groups attached to an aromatic ring is 1. The van der Waals surface area contributed by atoms with E-state index in [0.29, 0.717) is 17.1 Å². The summed E-state index contributed by atoms with van der Waals surface area (Å²) in [5, 5.41) is 9.05. The van der Waals surface area contributed by atoms with Crippen molar-refractivity contribution in [2.24, 2.45) is 0 Å². The van der Waals surface area contributed by atoms with Crippen LogP contribution in [0.2, 0.25) is 0 Å². The molecule has 0 spiro atoms. The van der Waals surface area contributed by atoms with Crippen LogP contribution in [0.5, 0.6) is 0 Å². The smallest absolute Gasteiger partial charge is 0.337 e. The molecule has 82 valence electrons. The molecule has 1 aromatic rings. The quantitative estimate of drug-likeness (QED) is 0.739. The maximum Gasteiger partial charge on any atom is 0.337 e. The summed E-state index contributed by atoms with van der Waals surface area (Å²) in [6, 6.07) is 1.48. The van der Waals surface area contributed by atoms with E-state index in [1.807, 2.05) is 20.8 Å². The summed E-state index contributed by atoms with van der Waals surface area (Å²) < 4.78 is 0. The third-order valence-corrected chi connectivity index (χ3v) is 2.19. The molecule has 0 saturated heterocycles. The number of aromatic carboxylic acids is 1. The van der Waals surface area contributed by atoms with Gasteiger partial charge in [0.05, 0.1) is 22.6 Å². The van der Waals surface area contributed by atoms with Crippen molar-refractivity contribution in [2.75, 3.05) is 5.73 Å². The van der Waals surface area contributed by atoms with Crippen molar-refractivity contribution in [3.8, 4) is 0 Å². The average Bonchev–Trinajstić information content (AvgIpc) is 2.06. The van der Waals surface area contributed by atoms with Gasteiger partial charge in [-0.25, -0.2) is 4.79 Å². The largest absolute Gasteiger partial charge is 0.478 e. The normalized spacial score (nSPS) is 11.5. The molecule has 1 rings (SSSR count). The number of hydrogen-bond donors (Lipinski definition) is 2. The van der Waals surface area contributed by atoms with Gasteiger partial charge >= 0.3 is 5.97 Å². The molecule has 0 unspecified atom stereocenters. The minimum Gasteiger partial charge on any atom is -0.478 e. The molecule has 0 aromatic carbocycles. The van der Waals surface area contributed by atoms with E-state index >= 15 is 0 Å². The van der Waals surface area contributed by atoms with E-state index in [-0.39, 0.29) is 11.0 Å². The molecule has 0 aliphatic carbocycles. The molecule has 0 aliphatic rings. The molecule has 0 atom stereocenters. The van der Waals surface area contributed by atoms with Crippen molar-refractivity contribution in [1.29, 1.82) is 0 Å². The monoisotopic (exact) mass is 208 g/mol. The predicted octanol–water partition coefficient (Wildman–Crippen LogP) is 1.97. The number of nitrogens with zero attached hydrogens (tertiary/aromatic N) is 1. The van der Waals surface area contributed by atoms with Crippen molar-refractivity contribution < 1.29 is 9.90 Å². The molecule has 0 bridgehead atoms. The van der Waals surface area contributed by atoms with Crippen LogP contribution in [0.4, 0.5) is 5.69 Å². The predicted molar refractivity (Wildman–Crippen MR) is 59.0 cm³/mol. The number of anilines is 1. The Morgan fingerprint density at radius 2 is 2.00 bits per heavy atom. The van der Waals surface area contributed by atoms with Gasteiger partial charge in [0.25, 0.3) is 0 Å². The number of carboxylic acids is 1. The molecular weight excluding hydrogens is 192 g/mol. The summed E-state index contributed by atoms with van der Waals surface area (Å²) in [4.78, 5) is 15.3. The molecule has 15 heavy (non-hydrogen) atoms. The molecular formula is C11H16N2O2. The number of rotatable bonds is 1. The molecule has 0 radical (unpaired) electrons. The van der Waals surface area contributed by atoms with Crippen molar-refractivity contribution in [1.82, 2.24) is 4.98 Å². The van der Waals surface area contributed by atoms with Gasteiger partial charge in [-0.2, -0.15) is 0 Å².